The number of nitrogens with two attached hydrogens (primary N) is 1. The summed E-state index contributed by atoms with van der Waals surface area (Å²) >= 11 is 0. The molecule has 1 aromatic rings. The van der Waals surface area contributed by atoms with E-state index in [1.54, 1.807) is 0 Å². The molecule has 0 unspecified atom stereocenters. The zero-order valence-electron chi connectivity index (χ0n) is 6.98. The van der Waals surface area contributed by atoms with E-state index in [1.165, 1.54) is 0 Å². The normalized spacial score (nSPS) is 10.2. The molecule has 0 saturated heterocycles. The minimum atomic E-state index is -2.58. The molecule has 0 radical (unpaired) electrons. The average molecular weight is 203 g/mol. The van der Waals surface area contributed by atoms with Crippen molar-refractivity contribution in [1.29, 1.82) is 0 Å². The molecule has 0 aliphatic heterocycles. The highest BCUT2D eigenvalue weighted by atomic mass is 19.3. The SMILES string of the molecule is NC(=O)c1cnc(OCC(F)F)cn1. The second-order valence-electron chi connectivity index (χ2n) is 2.31. The molecule has 7 heteroatoms. The Kier molecular flexibility index (Phi) is 3.27. The zero-order chi connectivity index (χ0) is 10.6. The third-order valence-corrected chi connectivity index (χ3v) is 1.24. The number of halogens is 2. The van der Waals surface area contributed by atoms with Gasteiger partial charge in [-0.3, -0.25) is 4.79 Å². The summed E-state index contributed by atoms with van der Waals surface area (Å²) in [7, 11) is 0. The van der Waals surface area contributed by atoms with Gasteiger partial charge < -0.3 is 10.5 Å². The van der Waals surface area contributed by atoms with E-state index in [0.29, 0.717) is 0 Å². The van der Waals surface area contributed by atoms with Gasteiger partial charge in [-0.05, 0) is 0 Å². The second-order valence-corrected chi connectivity index (χ2v) is 2.31. The fourth-order valence-electron chi connectivity index (χ4n) is 0.666. The quantitative estimate of drug-likeness (QED) is 0.759. The van der Waals surface area contributed by atoms with Crippen LogP contribution < -0.4 is 10.5 Å². The number of primary amides is 1. The Hall–Kier alpha value is -1.79. The predicted octanol–water partition coefficient (Wildman–Crippen LogP) is 0.219. The minimum absolute atomic E-state index is 0.0469. The molecule has 1 aromatic heterocycles. The number of amides is 1. The van der Waals surface area contributed by atoms with E-state index in [-0.39, 0.29) is 11.6 Å². The third kappa shape index (κ3) is 2.92. The van der Waals surface area contributed by atoms with Gasteiger partial charge in [-0.25, -0.2) is 18.7 Å². The Morgan fingerprint density at radius 1 is 1.50 bits per heavy atom. The van der Waals surface area contributed by atoms with E-state index in [9.17, 15) is 13.6 Å². The molecule has 0 saturated carbocycles. The number of carbonyl (C=O) groups excluding carboxylic acids is 1. The minimum Gasteiger partial charge on any atom is -0.470 e. The molecule has 0 bridgehead atoms. The summed E-state index contributed by atoms with van der Waals surface area (Å²) in [6, 6.07) is 0. The van der Waals surface area contributed by atoms with Gasteiger partial charge in [-0.2, -0.15) is 0 Å². The summed E-state index contributed by atoms with van der Waals surface area (Å²) in [5.74, 6) is -0.812. The van der Waals surface area contributed by atoms with Crippen LogP contribution >= 0.6 is 0 Å². The van der Waals surface area contributed by atoms with Crippen LogP contribution in [0.4, 0.5) is 8.78 Å². The van der Waals surface area contributed by atoms with Crippen LogP contribution in [0.15, 0.2) is 12.4 Å². The Balaban J connectivity index is 2.60. The highest BCUT2D eigenvalue weighted by Crippen LogP contribution is 2.05. The molecule has 0 aliphatic carbocycles. The van der Waals surface area contributed by atoms with E-state index >= 15 is 0 Å². The van der Waals surface area contributed by atoms with E-state index in [1.807, 2.05) is 0 Å². The number of alkyl halides is 2. The van der Waals surface area contributed by atoms with E-state index in [0.717, 1.165) is 12.4 Å². The summed E-state index contributed by atoms with van der Waals surface area (Å²) in [6.45, 7) is -0.759. The molecule has 1 heterocycles. The number of nitrogens with zero attached hydrogens (tertiary/aromatic N) is 2. The molecular formula is C7H7F2N3O2. The van der Waals surface area contributed by atoms with Gasteiger partial charge in [0.15, 0.2) is 6.61 Å². The topological polar surface area (TPSA) is 78.1 Å². The van der Waals surface area contributed by atoms with Crippen molar-refractivity contribution in [3.63, 3.8) is 0 Å². The third-order valence-electron chi connectivity index (χ3n) is 1.24. The maximum absolute atomic E-state index is 11.7. The summed E-state index contributed by atoms with van der Waals surface area (Å²) in [5, 5.41) is 0. The first-order valence-electron chi connectivity index (χ1n) is 3.62. The Labute approximate surface area is 77.9 Å². The molecule has 1 rings (SSSR count). The lowest BCUT2D eigenvalue weighted by Gasteiger charge is -2.03. The van der Waals surface area contributed by atoms with Crippen LogP contribution in [0.3, 0.4) is 0 Å². The second kappa shape index (κ2) is 4.45. The van der Waals surface area contributed by atoms with Crippen molar-refractivity contribution >= 4 is 5.91 Å². The van der Waals surface area contributed by atoms with Crippen molar-refractivity contribution in [2.24, 2.45) is 5.73 Å². The summed E-state index contributed by atoms with van der Waals surface area (Å²) in [4.78, 5) is 17.6. The number of aromatic nitrogens is 2. The van der Waals surface area contributed by atoms with Crippen molar-refractivity contribution in [3.8, 4) is 5.88 Å². The van der Waals surface area contributed by atoms with Crippen molar-refractivity contribution in [2.75, 3.05) is 6.61 Å². The first-order valence-corrected chi connectivity index (χ1v) is 3.62. The highest BCUT2D eigenvalue weighted by Gasteiger charge is 2.06. The number of carbonyl (C=O) groups is 1. The van der Waals surface area contributed by atoms with E-state index in [2.05, 4.69) is 14.7 Å². The molecular weight excluding hydrogens is 196 g/mol. The van der Waals surface area contributed by atoms with Gasteiger partial charge in [-0.1, -0.05) is 0 Å². The maximum atomic E-state index is 11.7. The summed E-state index contributed by atoms with van der Waals surface area (Å²) in [6.07, 6.45) is -0.460. The van der Waals surface area contributed by atoms with Gasteiger partial charge in [0.25, 0.3) is 12.3 Å². The van der Waals surface area contributed by atoms with Crippen molar-refractivity contribution in [3.05, 3.63) is 18.1 Å². The van der Waals surface area contributed by atoms with Crippen LogP contribution in [0.25, 0.3) is 0 Å². The number of hydrogen-bond acceptors (Lipinski definition) is 4. The number of hydrogen-bond donors (Lipinski definition) is 1. The van der Waals surface area contributed by atoms with Crippen LogP contribution in [0.2, 0.25) is 0 Å². The zero-order valence-corrected chi connectivity index (χ0v) is 6.98. The van der Waals surface area contributed by atoms with Crippen LogP contribution in [0, 0.1) is 0 Å². The summed E-state index contributed by atoms with van der Waals surface area (Å²) < 4.78 is 27.9. The van der Waals surface area contributed by atoms with Gasteiger partial charge in [0.2, 0.25) is 5.88 Å². The molecule has 0 aromatic carbocycles. The lowest BCUT2D eigenvalue weighted by atomic mass is 10.4. The highest BCUT2D eigenvalue weighted by molar-refractivity contribution is 5.90. The van der Waals surface area contributed by atoms with E-state index in [4.69, 9.17) is 5.73 Å². The first kappa shape index (κ1) is 10.3. The lowest BCUT2D eigenvalue weighted by molar-refractivity contribution is 0.0792. The molecule has 0 spiro atoms. The number of ether oxygens (including phenoxy) is 1. The molecule has 0 aliphatic rings. The lowest BCUT2D eigenvalue weighted by Crippen LogP contribution is -2.14. The monoisotopic (exact) mass is 203 g/mol. The van der Waals surface area contributed by atoms with Crippen LogP contribution in [0.1, 0.15) is 10.5 Å². The van der Waals surface area contributed by atoms with Gasteiger partial charge >= 0.3 is 0 Å². The van der Waals surface area contributed by atoms with Gasteiger partial charge in [0.05, 0.1) is 12.4 Å². The molecule has 2 N–H and O–H groups in total. The standard InChI is InChI=1S/C7H7F2N3O2/c8-5(9)3-14-6-2-11-4(1-12-6)7(10)13/h1-2,5H,3H2,(H2,10,13). The fraction of sp³-hybridized carbons (Fsp3) is 0.286. The molecule has 1 amide bonds. The average Bonchev–Trinajstić information content (AvgIpc) is 2.15. The smallest absolute Gasteiger partial charge is 0.272 e. The van der Waals surface area contributed by atoms with Crippen LogP contribution in [-0.2, 0) is 0 Å². The van der Waals surface area contributed by atoms with Crippen molar-refractivity contribution in [2.45, 2.75) is 6.43 Å². The number of rotatable bonds is 4. The van der Waals surface area contributed by atoms with Crippen molar-refractivity contribution < 1.29 is 18.3 Å². The van der Waals surface area contributed by atoms with Gasteiger partial charge in [0.1, 0.15) is 5.69 Å². The fourth-order valence-corrected chi connectivity index (χ4v) is 0.666. The van der Waals surface area contributed by atoms with Crippen molar-refractivity contribution in [1.82, 2.24) is 9.97 Å². The summed E-state index contributed by atoms with van der Waals surface area (Å²) in [5.41, 5.74) is 4.84. The Morgan fingerprint density at radius 2 is 2.21 bits per heavy atom. The molecule has 76 valence electrons. The first-order chi connectivity index (χ1) is 6.59. The molecule has 14 heavy (non-hydrogen) atoms. The van der Waals surface area contributed by atoms with Crippen LogP contribution in [0.5, 0.6) is 5.88 Å². The van der Waals surface area contributed by atoms with Gasteiger partial charge in [0, 0.05) is 0 Å². The van der Waals surface area contributed by atoms with Gasteiger partial charge in [-0.15, -0.1) is 0 Å². The Bertz CT molecular complexity index is 315. The Morgan fingerprint density at radius 3 is 2.64 bits per heavy atom. The van der Waals surface area contributed by atoms with Crippen LogP contribution in [-0.4, -0.2) is 28.9 Å². The molecule has 0 atom stereocenters. The predicted molar refractivity (Wildman–Crippen MR) is 42.0 cm³/mol. The maximum Gasteiger partial charge on any atom is 0.272 e. The molecule has 5 nitrogen and oxygen atoms in total. The molecule has 0 fully saturated rings. The largest absolute Gasteiger partial charge is 0.470 e. The van der Waals surface area contributed by atoms with E-state index < -0.39 is 18.9 Å².